The van der Waals surface area contributed by atoms with Crippen molar-refractivity contribution in [2.75, 3.05) is 39.5 Å². The number of carbonyl (C=O) groups excluding carboxylic acids is 10. The molecule has 2 aliphatic heterocycles. The van der Waals surface area contributed by atoms with Crippen LogP contribution in [0.1, 0.15) is 130 Å². The second kappa shape index (κ2) is 26.2. The average molecular weight is 1140 g/mol. The van der Waals surface area contributed by atoms with Gasteiger partial charge in [-0.2, -0.15) is 0 Å². The summed E-state index contributed by atoms with van der Waals surface area (Å²) >= 11 is 0. The zero-order chi connectivity index (χ0) is 59.1. The summed E-state index contributed by atoms with van der Waals surface area (Å²) in [5, 5.41) is 25.3. The maximum atomic E-state index is 15.7. The molecule has 4 unspecified atom stereocenters. The highest BCUT2D eigenvalue weighted by Crippen LogP contribution is 2.50. The molecule has 0 spiro atoms. The van der Waals surface area contributed by atoms with Crippen LogP contribution in [0.3, 0.4) is 0 Å². The summed E-state index contributed by atoms with van der Waals surface area (Å²) in [6.45, 7) is 3.90. The third-order valence-electron chi connectivity index (χ3n) is 17.2. The summed E-state index contributed by atoms with van der Waals surface area (Å²) in [6, 6.07) is 9.20. The van der Waals surface area contributed by atoms with E-state index in [1.165, 1.54) is 18.2 Å². The van der Waals surface area contributed by atoms with Crippen molar-refractivity contribution in [3.05, 3.63) is 105 Å². The number of Topliss-reactive ketones (excluding diaryl/α,β-unsaturated/α-hetero) is 2. The second-order valence-electron chi connectivity index (χ2n) is 22.7. The van der Waals surface area contributed by atoms with Crippen LogP contribution in [0.25, 0.3) is 16.5 Å². The molecule has 2 aromatic carbocycles. The van der Waals surface area contributed by atoms with Crippen LogP contribution >= 0.6 is 0 Å². The zero-order valence-electron chi connectivity index (χ0n) is 47.1. The van der Waals surface area contributed by atoms with Crippen LogP contribution in [-0.4, -0.2) is 131 Å². The third-order valence-corrected chi connectivity index (χ3v) is 17.2. The minimum Gasteiger partial charge on any atom is -0.458 e. The van der Waals surface area contributed by atoms with Crippen LogP contribution in [0.5, 0.6) is 0 Å². The number of ketones is 2. The number of pyridine rings is 1. The van der Waals surface area contributed by atoms with Gasteiger partial charge in [0.2, 0.25) is 29.5 Å². The molecule has 1 saturated carbocycles. The Balaban J connectivity index is 0.767. The molecular formula is C62H72FN7O13. The molecule has 9 rings (SSSR count). The molecule has 0 saturated heterocycles. The minimum atomic E-state index is -2.00. The lowest BCUT2D eigenvalue weighted by atomic mass is 9.71. The molecule has 20 nitrogen and oxygen atoms in total. The minimum absolute atomic E-state index is 0.00493. The second-order valence-corrected chi connectivity index (χ2v) is 22.7. The summed E-state index contributed by atoms with van der Waals surface area (Å²) in [5.74, 6) is -5.81. The van der Waals surface area contributed by atoms with Crippen LogP contribution in [0.15, 0.2) is 65.8 Å². The molecule has 4 aliphatic carbocycles. The van der Waals surface area contributed by atoms with E-state index in [0.29, 0.717) is 80.1 Å². The number of benzene rings is 2. The smallest absolute Gasteiger partial charge is 0.343 e. The lowest BCUT2D eigenvalue weighted by molar-refractivity contribution is -0.163. The Morgan fingerprint density at radius 2 is 1.57 bits per heavy atom. The van der Waals surface area contributed by atoms with Gasteiger partial charge in [-0.15, -0.1) is 0 Å². The van der Waals surface area contributed by atoms with E-state index in [1.54, 1.807) is 50.3 Å². The van der Waals surface area contributed by atoms with E-state index in [2.05, 4.69) is 33.5 Å². The fourth-order valence-electron chi connectivity index (χ4n) is 12.2. The SMILES string of the molecule is CC[C@@]1(O)C(=O)OCC2=C1/C=C1\CCC(Cc3c1nc1cc(F)c(C)c4c1c3C(C(C)CCC(=O)C(OCNC(=O)CNC(=O)[C@H](Cc1ccccc1)NC(=O)CNC(=O)CNC(=O)CCCCCN1C(=O)C=CC1=O)C1CC1)CC4)C2=O. The Labute approximate surface area is 480 Å². The number of esters is 1. The first kappa shape index (κ1) is 59.8. The zero-order valence-corrected chi connectivity index (χ0v) is 47.1. The predicted molar refractivity (Wildman–Crippen MR) is 300 cm³/mol. The lowest BCUT2D eigenvalue weighted by Crippen LogP contribution is -2.52. The number of ether oxygens (including phenoxy) is 2. The fraction of sp³-hybridized carbons (Fsp3) is 0.500. The molecule has 2 bridgehead atoms. The number of halogens is 1. The number of aliphatic hydroxyl groups is 1. The van der Waals surface area contributed by atoms with Crippen molar-refractivity contribution in [2.24, 2.45) is 17.8 Å². The highest BCUT2D eigenvalue weighted by Gasteiger charge is 2.48. The lowest BCUT2D eigenvalue weighted by Gasteiger charge is -2.34. The van der Waals surface area contributed by atoms with Gasteiger partial charge in [-0.3, -0.25) is 48.1 Å². The maximum Gasteiger partial charge on any atom is 0.343 e. The van der Waals surface area contributed by atoms with Crippen LogP contribution < -0.4 is 26.6 Å². The van der Waals surface area contributed by atoms with Gasteiger partial charge in [-0.1, -0.05) is 50.6 Å². The molecule has 1 fully saturated rings. The molecular weight excluding hydrogens is 1070 g/mol. The molecule has 6 aliphatic rings. The number of nitrogens with zero attached hydrogens (tertiary/aromatic N) is 2. The van der Waals surface area contributed by atoms with E-state index in [4.69, 9.17) is 14.5 Å². The van der Waals surface area contributed by atoms with Gasteiger partial charge < -0.3 is 41.2 Å². The number of nitrogens with one attached hydrogen (secondary N) is 5. The van der Waals surface area contributed by atoms with Gasteiger partial charge in [0.25, 0.3) is 11.8 Å². The van der Waals surface area contributed by atoms with Gasteiger partial charge in [-0.25, -0.2) is 14.2 Å². The van der Waals surface area contributed by atoms with E-state index in [1.807, 2.05) is 0 Å². The number of hydrogen-bond donors (Lipinski definition) is 6. The Bertz CT molecular complexity index is 3210. The first-order valence-corrected chi connectivity index (χ1v) is 29.0. The topological polar surface area (TPSA) is 286 Å². The quantitative estimate of drug-likeness (QED) is 0.0287. The highest BCUT2D eigenvalue weighted by atomic mass is 19.1. The Kier molecular flexibility index (Phi) is 18.9. The van der Waals surface area contributed by atoms with E-state index in [-0.39, 0.29) is 104 Å². The number of hydrogen-bond acceptors (Lipinski definition) is 14. The normalized spacial score (nSPS) is 21.6. The van der Waals surface area contributed by atoms with Gasteiger partial charge in [0.05, 0.1) is 30.8 Å². The van der Waals surface area contributed by atoms with E-state index >= 15 is 4.39 Å². The number of cyclic esters (lactones) is 1. The summed E-state index contributed by atoms with van der Waals surface area (Å²) in [4.78, 5) is 136. The van der Waals surface area contributed by atoms with Crippen molar-refractivity contribution in [3.8, 4) is 0 Å². The van der Waals surface area contributed by atoms with Gasteiger partial charge in [0, 0.05) is 66.5 Å². The number of carbonyl (C=O) groups is 10. The first-order chi connectivity index (χ1) is 39.8. The molecule has 83 heavy (non-hydrogen) atoms. The summed E-state index contributed by atoms with van der Waals surface area (Å²) in [5.41, 5.74) is 4.49. The number of fused-ring (bicyclic) bond motifs is 6. The molecule has 3 aromatic rings. The largest absolute Gasteiger partial charge is 0.458 e. The van der Waals surface area contributed by atoms with Gasteiger partial charge in [-0.05, 0) is 135 Å². The molecule has 3 heterocycles. The van der Waals surface area contributed by atoms with Crippen molar-refractivity contribution in [2.45, 2.75) is 141 Å². The monoisotopic (exact) mass is 1140 g/mol. The summed E-state index contributed by atoms with van der Waals surface area (Å²) in [7, 11) is 0. The third kappa shape index (κ3) is 13.7. The molecule has 6 atom stereocenters. The van der Waals surface area contributed by atoms with E-state index in [9.17, 15) is 53.1 Å². The molecule has 1 aromatic heterocycles. The number of aromatic nitrogens is 1. The number of imide groups is 1. The van der Waals surface area contributed by atoms with Gasteiger partial charge in [0.1, 0.15) is 31.3 Å². The number of rotatable bonds is 26. The summed E-state index contributed by atoms with van der Waals surface area (Å²) in [6.07, 6.45) is 10.0. The Morgan fingerprint density at radius 1 is 0.855 bits per heavy atom. The number of unbranched alkanes of at least 4 members (excludes halogenated alkanes) is 2. The molecule has 21 heteroatoms. The first-order valence-electron chi connectivity index (χ1n) is 29.0. The van der Waals surface area contributed by atoms with E-state index in [0.717, 1.165) is 45.4 Å². The summed E-state index contributed by atoms with van der Waals surface area (Å²) < 4.78 is 27.2. The number of amides is 7. The van der Waals surface area contributed by atoms with E-state index < -0.39 is 78.8 Å². The highest BCUT2D eigenvalue weighted by molar-refractivity contribution is 6.13. The molecule has 7 amide bonds. The standard InChI is InChI=1S/C62H72FN7O13/c1-4-62(81)44-27-38-17-18-39(58(78)43(44)32-82-61(62)80)26-42-55-40(19-20-41-35(3)45(63)28-46(56(41)55)69-57(38)42)34(2)14-21-48(71)59(37-15-16-37)83-33-67-51(74)30-66-60(79)47(25-36-11-7-5-8-12-36)68-52(75)31-65-50(73)29-64-49(72)13-9-6-10-24-70-53(76)22-23-54(70)77/h5,7-8,11-12,22-23,27-28,34,37,39-40,47,59,81H,4,6,9-10,13-21,24-26,29-33H2,1-3H3,(H,64,72)(H,65,73)(H,66,79)(H,67,74)(H,68,75)/b38-27+/t34?,39?,40?,47-,59?,62-/m0/s1. The number of aryl methyl sites for hydroxylation is 1. The van der Waals surface area contributed by atoms with Crippen LogP contribution in [0.4, 0.5) is 4.39 Å². The maximum absolute atomic E-state index is 15.7. The average Bonchev–Trinajstić information content (AvgIpc) is 2.84. The number of allylic oxidation sites excluding steroid dienone is 1. The van der Waals surface area contributed by atoms with Crippen molar-refractivity contribution in [1.29, 1.82) is 0 Å². The van der Waals surface area contributed by atoms with Crippen LogP contribution in [0.2, 0.25) is 0 Å². The Hall–Kier alpha value is -7.78. The van der Waals surface area contributed by atoms with Crippen molar-refractivity contribution in [1.82, 2.24) is 36.5 Å². The van der Waals surface area contributed by atoms with Crippen LogP contribution in [-0.2, 0) is 76.7 Å². The molecule has 440 valence electrons. The van der Waals surface area contributed by atoms with Crippen molar-refractivity contribution >= 4 is 75.4 Å². The van der Waals surface area contributed by atoms with Crippen molar-refractivity contribution < 1.29 is 66.9 Å². The Morgan fingerprint density at radius 3 is 2.30 bits per heavy atom. The van der Waals surface area contributed by atoms with Crippen LogP contribution in [0, 0.1) is 30.5 Å². The predicted octanol–water partition coefficient (Wildman–Crippen LogP) is 4.04. The van der Waals surface area contributed by atoms with Gasteiger partial charge >= 0.3 is 5.97 Å². The fourth-order valence-corrected chi connectivity index (χ4v) is 12.2. The molecule has 6 N–H and O–H groups in total. The van der Waals surface area contributed by atoms with Gasteiger partial charge in [0.15, 0.2) is 17.2 Å². The van der Waals surface area contributed by atoms with Crippen molar-refractivity contribution in [3.63, 3.8) is 0 Å². The molecule has 0 radical (unpaired) electrons.